The van der Waals surface area contributed by atoms with Gasteiger partial charge in [-0.1, -0.05) is 75.2 Å². The molecule has 2 aromatic carbocycles. The van der Waals surface area contributed by atoms with Gasteiger partial charge in [0.15, 0.2) is 0 Å². The SMILES string of the molecule is CC(C)[C@H](NC(=O)CC(NC(=O)OCC1c2ccccc2-c2ccccc21)C1CCCC1)C(=O)O. The maximum atomic E-state index is 12.9. The van der Waals surface area contributed by atoms with Crippen LogP contribution in [0.15, 0.2) is 48.5 Å². The van der Waals surface area contributed by atoms with E-state index in [2.05, 4.69) is 34.9 Å². The van der Waals surface area contributed by atoms with Crippen LogP contribution >= 0.6 is 0 Å². The van der Waals surface area contributed by atoms with Gasteiger partial charge >= 0.3 is 12.1 Å². The Morgan fingerprint density at radius 1 is 0.943 bits per heavy atom. The average Bonchev–Trinajstić information content (AvgIpc) is 3.47. The molecule has 1 unspecified atom stereocenters. The molecule has 1 saturated carbocycles. The molecule has 4 rings (SSSR count). The lowest BCUT2D eigenvalue weighted by molar-refractivity contribution is -0.143. The Balaban J connectivity index is 1.40. The van der Waals surface area contributed by atoms with Crippen LogP contribution in [0.25, 0.3) is 11.1 Å². The summed E-state index contributed by atoms with van der Waals surface area (Å²) in [5.74, 6) is -1.54. The zero-order valence-corrected chi connectivity index (χ0v) is 20.3. The van der Waals surface area contributed by atoms with Gasteiger partial charge in [-0.05, 0) is 46.9 Å². The van der Waals surface area contributed by atoms with Crippen molar-refractivity contribution in [3.8, 4) is 11.1 Å². The summed E-state index contributed by atoms with van der Waals surface area (Å²) in [5.41, 5.74) is 4.61. The summed E-state index contributed by atoms with van der Waals surface area (Å²) in [4.78, 5) is 37.0. The van der Waals surface area contributed by atoms with Crippen LogP contribution in [0.3, 0.4) is 0 Å². The second-order valence-corrected chi connectivity index (χ2v) is 9.95. The molecule has 2 aliphatic rings. The number of carboxylic acid groups (broad SMARTS) is 1. The fraction of sp³-hybridized carbons (Fsp3) is 0.464. The number of benzene rings is 2. The number of hydrogen-bond acceptors (Lipinski definition) is 4. The number of ether oxygens (including phenoxy) is 1. The second-order valence-electron chi connectivity index (χ2n) is 9.95. The van der Waals surface area contributed by atoms with Crippen LogP contribution in [-0.4, -0.2) is 41.8 Å². The zero-order chi connectivity index (χ0) is 24.9. The summed E-state index contributed by atoms with van der Waals surface area (Å²) in [6, 6.07) is 15.0. The van der Waals surface area contributed by atoms with Gasteiger partial charge < -0.3 is 20.5 Å². The Morgan fingerprint density at radius 2 is 1.51 bits per heavy atom. The molecule has 1 fully saturated rings. The highest BCUT2D eigenvalue weighted by Crippen LogP contribution is 2.44. The number of hydrogen-bond donors (Lipinski definition) is 3. The smallest absolute Gasteiger partial charge is 0.407 e. The molecule has 2 aliphatic carbocycles. The third-order valence-electron chi connectivity index (χ3n) is 7.27. The Bertz CT molecular complexity index is 1030. The van der Waals surface area contributed by atoms with Crippen LogP contribution in [-0.2, 0) is 14.3 Å². The lowest BCUT2D eigenvalue weighted by Crippen LogP contribution is -2.48. The van der Waals surface area contributed by atoms with Crippen LogP contribution < -0.4 is 10.6 Å². The molecule has 0 saturated heterocycles. The lowest BCUT2D eigenvalue weighted by Gasteiger charge is -2.26. The number of amides is 2. The highest BCUT2D eigenvalue weighted by molar-refractivity contribution is 5.84. The Labute approximate surface area is 206 Å². The number of aliphatic carboxylic acids is 1. The number of alkyl carbamates (subject to hydrolysis) is 1. The standard InChI is InChI=1S/C28H34N2O5/c1-17(2)26(27(32)33)30-25(31)15-24(18-9-3-4-10-18)29-28(34)35-16-23-21-13-7-5-11-19(21)20-12-6-8-14-22(20)23/h5-8,11-14,17-18,23-24,26H,3-4,9-10,15-16H2,1-2H3,(H,29,34)(H,30,31)(H,32,33)/t24?,26-/m0/s1. The molecule has 0 heterocycles. The molecule has 0 bridgehead atoms. The minimum Gasteiger partial charge on any atom is -0.480 e. The molecule has 0 aliphatic heterocycles. The zero-order valence-electron chi connectivity index (χ0n) is 20.3. The van der Waals surface area contributed by atoms with Gasteiger partial charge in [-0.15, -0.1) is 0 Å². The summed E-state index contributed by atoms with van der Waals surface area (Å²) >= 11 is 0. The highest BCUT2D eigenvalue weighted by Gasteiger charge is 2.32. The quantitative estimate of drug-likeness (QED) is 0.485. The van der Waals surface area contributed by atoms with Crippen molar-refractivity contribution < 1.29 is 24.2 Å². The van der Waals surface area contributed by atoms with E-state index in [-0.39, 0.29) is 36.7 Å². The van der Waals surface area contributed by atoms with Crippen LogP contribution in [0, 0.1) is 11.8 Å². The Morgan fingerprint density at radius 3 is 2.06 bits per heavy atom. The molecule has 0 spiro atoms. The van der Waals surface area contributed by atoms with E-state index in [1.165, 1.54) is 0 Å². The first-order valence-electron chi connectivity index (χ1n) is 12.5. The minimum absolute atomic E-state index is 0.0331. The summed E-state index contributed by atoms with van der Waals surface area (Å²) in [6.45, 7) is 3.71. The van der Waals surface area contributed by atoms with E-state index >= 15 is 0 Å². The molecule has 7 nitrogen and oxygen atoms in total. The molecule has 2 aromatic rings. The largest absolute Gasteiger partial charge is 0.480 e. The monoisotopic (exact) mass is 478 g/mol. The number of nitrogens with one attached hydrogen (secondary N) is 2. The normalized spacial score (nSPS) is 16.9. The van der Waals surface area contributed by atoms with Crippen molar-refractivity contribution in [3.63, 3.8) is 0 Å². The number of carbonyl (C=O) groups is 3. The molecule has 0 radical (unpaired) electrons. The van der Waals surface area contributed by atoms with E-state index in [0.29, 0.717) is 0 Å². The Hall–Kier alpha value is -3.35. The van der Waals surface area contributed by atoms with Gasteiger partial charge in [-0.25, -0.2) is 9.59 Å². The van der Waals surface area contributed by atoms with Crippen molar-refractivity contribution in [1.29, 1.82) is 0 Å². The summed E-state index contributed by atoms with van der Waals surface area (Å²) in [5, 5.41) is 14.9. The molecular weight excluding hydrogens is 444 g/mol. The maximum absolute atomic E-state index is 12.9. The van der Waals surface area contributed by atoms with E-state index in [0.717, 1.165) is 47.9 Å². The molecular formula is C28H34N2O5. The first-order chi connectivity index (χ1) is 16.8. The van der Waals surface area contributed by atoms with Gasteiger partial charge in [0.05, 0.1) is 0 Å². The van der Waals surface area contributed by atoms with Crippen molar-refractivity contribution in [2.45, 2.75) is 64.0 Å². The average molecular weight is 479 g/mol. The predicted octanol–water partition coefficient (Wildman–Crippen LogP) is 4.70. The van der Waals surface area contributed by atoms with Crippen LogP contribution in [0.1, 0.15) is 63.0 Å². The first kappa shape index (κ1) is 24.8. The van der Waals surface area contributed by atoms with Gasteiger partial charge in [0.2, 0.25) is 5.91 Å². The van der Waals surface area contributed by atoms with Gasteiger partial charge in [-0.2, -0.15) is 0 Å². The second kappa shape index (κ2) is 10.9. The summed E-state index contributed by atoms with van der Waals surface area (Å²) in [6.07, 6.45) is 3.45. The van der Waals surface area contributed by atoms with Crippen LogP contribution in [0.2, 0.25) is 0 Å². The van der Waals surface area contributed by atoms with Gasteiger partial charge in [0.25, 0.3) is 0 Å². The summed E-state index contributed by atoms with van der Waals surface area (Å²) in [7, 11) is 0. The van der Waals surface area contributed by atoms with Crippen molar-refractivity contribution >= 4 is 18.0 Å². The molecule has 3 N–H and O–H groups in total. The molecule has 0 aromatic heterocycles. The van der Waals surface area contributed by atoms with E-state index < -0.39 is 24.1 Å². The van der Waals surface area contributed by atoms with Crippen molar-refractivity contribution in [2.24, 2.45) is 11.8 Å². The van der Waals surface area contributed by atoms with Crippen molar-refractivity contribution in [2.75, 3.05) is 6.61 Å². The third-order valence-corrected chi connectivity index (χ3v) is 7.27. The van der Waals surface area contributed by atoms with Crippen LogP contribution in [0.4, 0.5) is 4.79 Å². The molecule has 186 valence electrons. The minimum atomic E-state index is -1.06. The van der Waals surface area contributed by atoms with Crippen LogP contribution in [0.5, 0.6) is 0 Å². The number of rotatable bonds is 9. The van der Waals surface area contributed by atoms with E-state index in [9.17, 15) is 19.5 Å². The molecule has 2 atom stereocenters. The lowest BCUT2D eigenvalue weighted by atomic mass is 9.94. The van der Waals surface area contributed by atoms with Crippen molar-refractivity contribution in [3.05, 3.63) is 59.7 Å². The molecule has 35 heavy (non-hydrogen) atoms. The van der Waals surface area contributed by atoms with Gasteiger partial charge in [0, 0.05) is 18.4 Å². The summed E-state index contributed by atoms with van der Waals surface area (Å²) < 4.78 is 5.69. The molecule has 7 heteroatoms. The maximum Gasteiger partial charge on any atom is 0.407 e. The fourth-order valence-corrected chi connectivity index (χ4v) is 5.43. The Kier molecular flexibility index (Phi) is 7.73. The topological polar surface area (TPSA) is 105 Å². The first-order valence-corrected chi connectivity index (χ1v) is 12.5. The number of carbonyl (C=O) groups excluding carboxylic acids is 2. The molecule has 2 amide bonds. The number of fused-ring (bicyclic) bond motifs is 3. The predicted molar refractivity (Wildman–Crippen MR) is 133 cm³/mol. The highest BCUT2D eigenvalue weighted by atomic mass is 16.5. The third kappa shape index (κ3) is 5.66. The van der Waals surface area contributed by atoms with E-state index in [1.54, 1.807) is 13.8 Å². The number of carboxylic acids is 1. The van der Waals surface area contributed by atoms with E-state index in [1.807, 2.05) is 24.3 Å². The van der Waals surface area contributed by atoms with Crippen molar-refractivity contribution in [1.82, 2.24) is 10.6 Å². The van der Waals surface area contributed by atoms with Gasteiger partial charge in [-0.3, -0.25) is 4.79 Å². The van der Waals surface area contributed by atoms with Gasteiger partial charge in [0.1, 0.15) is 12.6 Å². The fourth-order valence-electron chi connectivity index (χ4n) is 5.43. The van der Waals surface area contributed by atoms with E-state index in [4.69, 9.17) is 4.74 Å².